The molecule has 10 atom stereocenters. The lowest BCUT2D eigenvalue weighted by molar-refractivity contribution is -0.188. The van der Waals surface area contributed by atoms with Gasteiger partial charge in [-0.1, -0.05) is 33.3 Å². The Balaban J connectivity index is 0.000000638. The Kier molecular flexibility index (Phi) is 9.96. The molecule has 4 heteroatoms. The maximum Gasteiger partial charge on any atom is 0.0556 e. The molecular formula is C31H58N2O2. The summed E-state index contributed by atoms with van der Waals surface area (Å²) in [7, 11) is 1.50. The minimum absolute atomic E-state index is 0.255. The molecule has 35 heavy (non-hydrogen) atoms. The molecule has 5 saturated carbocycles. The van der Waals surface area contributed by atoms with Crippen LogP contribution in [0.3, 0.4) is 0 Å². The SMILES string of the molecule is C=CC.CC1C(NCCO)CCC2(C)C1CCC1(C)C3CCC4(CO)CCCC4C3CCC21.CN. The fourth-order valence-corrected chi connectivity index (χ4v) is 10.8. The molecule has 10 unspecified atom stereocenters. The zero-order valence-corrected chi connectivity index (χ0v) is 23.7. The van der Waals surface area contributed by atoms with Crippen LogP contribution in [0.25, 0.3) is 0 Å². The second-order valence-electron chi connectivity index (χ2n) is 13.2. The Hall–Kier alpha value is -0.420. The van der Waals surface area contributed by atoms with E-state index < -0.39 is 0 Å². The van der Waals surface area contributed by atoms with E-state index in [1.807, 2.05) is 6.92 Å². The zero-order valence-electron chi connectivity index (χ0n) is 23.7. The van der Waals surface area contributed by atoms with E-state index in [1.54, 1.807) is 6.08 Å². The van der Waals surface area contributed by atoms with E-state index in [-0.39, 0.29) is 12.0 Å². The lowest BCUT2D eigenvalue weighted by Crippen LogP contribution is -2.62. The third-order valence-corrected chi connectivity index (χ3v) is 12.1. The maximum atomic E-state index is 10.3. The predicted octanol–water partition coefficient (Wildman–Crippen LogP) is 5.77. The molecule has 0 amide bonds. The summed E-state index contributed by atoms with van der Waals surface area (Å²) in [5.74, 6) is 5.03. The fourth-order valence-electron chi connectivity index (χ4n) is 10.8. The van der Waals surface area contributed by atoms with Crippen LogP contribution in [0.4, 0.5) is 0 Å². The minimum atomic E-state index is 0.255. The van der Waals surface area contributed by atoms with Crippen molar-refractivity contribution in [3.8, 4) is 0 Å². The predicted molar refractivity (Wildman–Crippen MR) is 148 cm³/mol. The molecule has 0 radical (unpaired) electrons. The van der Waals surface area contributed by atoms with Gasteiger partial charge < -0.3 is 21.3 Å². The molecule has 5 fully saturated rings. The monoisotopic (exact) mass is 490 g/mol. The minimum Gasteiger partial charge on any atom is -0.396 e. The van der Waals surface area contributed by atoms with Crippen LogP contribution < -0.4 is 11.1 Å². The Bertz CT molecular complexity index is 685. The maximum absolute atomic E-state index is 10.3. The summed E-state index contributed by atoms with van der Waals surface area (Å²) in [5.41, 5.74) is 5.80. The van der Waals surface area contributed by atoms with Gasteiger partial charge in [0.1, 0.15) is 0 Å². The molecule has 0 aromatic carbocycles. The summed E-state index contributed by atoms with van der Waals surface area (Å²) in [6.07, 6.45) is 16.8. The van der Waals surface area contributed by atoms with E-state index >= 15 is 0 Å². The van der Waals surface area contributed by atoms with Crippen LogP contribution in [-0.4, -0.2) is 43.1 Å². The molecule has 0 aliphatic heterocycles. The first kappa shape index (κ1) is 29.1. The van der Waals surface area contributed by atoms with Gasteiger partial charge in [0, 0.05) is 19.2 Å². The largest absolute Gasteiger partial charge is 0.396 e. The molecule has 0 bridgehead atoms. The number of allylic oxidation sites excluding steroid dienone is 1. The normalized spacial score (nSPS) is 47.9. The van der Waals surface area contributed by atoms with Gasteiger partial charge in [0.05, 0.1) is 6.61 Å². The number of fused-ring (bicyclic) bond motifs is 7. The van der Waals surface area contributed by atoms with Crippen LogP contribution in [0.15, 0.2) is 12.7 Å². The van der Waals surface area contributed by atoms with Crippen LogP contribution in [0.5, 0.6) is 0 Å². The molecule has 4 nitrogen and oxygen atoms in total. The number of hydrogen-bond donors (Lipinski definition) is 4. The Labute approximate surface area is 216 Å². The van der Waals surface area contributed by atoms with Gasteiger partial charge in [-0.05, 0) is 130 Å². The summed E-state index contributed by atoms with van der Waals surface area (Å²) < 4.78 is 0. The first-order valence-corrected chi connectivity index (χ1v) is 14.9. The van der Waals surface area contributed by atoms with Crippen LogP contribution in [0, 0.1) is 51.8 Å². The van der Waals surface area contributed by atoms with Crippen LogP contribution in [0.2, 0.25) is 0 Å². The summed E-state index contributed by atoms with van der Waals surface area (Å²) in [5, 5.41) is 23.3. The lowest BCUT2D eigenvalue weighted by Gasteiger charge is -2.68. The highest BCUT2D eigenvalue weighted by atomic mass is 16.3. The van der Waals surface area contributed by atoms with Crippen molar-refractivity contribution in [3.63, 3.8) is 0 Å². The van der Waals surface area contributed by atoms with Crippen molar-refractivity contribution in [1.82, 2.24) is 5.32 Å². The molecule has 204 valence electrons. The molecule has 0 saturated heterocycles. The highest BCUT2D eigenvalue weighted by molar-refractivity contribution is 5.13. The summed E-state index contributed by atoms with van der Waals surface area (Å²) in [4.78, 5) is 0. The highest BCUT2D eigenvalue weighted by Crippen LogP contribution is 2.71. The second kappa shape index (κ2) is 12.0. The topological polar surface area (TPSA) is 78.5 Å². The Morgan fingerprint density at radius 2 is 1.51 bits per heavy atom. The summed E-state index contributed by atoms with van der Waals surface area (Å²) in [6.45, 7) is 14.6. The number of aliphatic hydroxyl groups excluding tert-OH is 2. The number of nitrogens with two attached hydrogens (primary N) is 1. The average Bonchev–Trinajstić information content (AvgIpc) is 3.30. The fraction of sp³-hybridized carbons (Fsp3) is 0.935. The van der Waals surface area contributed by atoms with Crippen molar-refractivity contribution < 1.29 is 10.2 Å². The van der Waals surface area contributed by atoms with Gasteiger partial charge in [0.2, 0.25) is 0 Å². The van der Waals surface area contributed by atoms with Crippen molar-refractivity contribution in [2.75, 3.05) is 26.8 Å². The lowest BCUT2D eigenvalue weighted by atomic mass is 9.37. The molecule has 0 aromatic heterocycles. The summed E-state index contributed by atoms with van der Waals surface area (Å²) >= 11 is 0. The first-order chi connectivity index (χ1) is 16.8. The Morgan fingerprint density at radius 3 is 2.17 bits per heavy atom. The van der Waals surface area contributed by atoms with E-state index in [0.717, 1.165) is 42.1 Å². The number of rotatable bonds is 4. The zero-order chi connectivity index (χ0) is 25.9. The quantitative estimate of drug-likeness (QED) is 0.377. The van der Waals surface area contributed by atoms with E-state index in [1.165, 1.54) is 77.7 Å². The van der Waals surface area contributed by atoms with Gasteiger partial charge in [0.25, 0.3) is 0 Å². The van der Waals surface area contributed by atoms with Crippen LogP contribution in [0.1, 0.15) is 98.3 Å². The third-order valence-electron chi connectivity index (χ3n) is 12.1. The molecule has 0 heterocycles. The Morgan fingerprint density at radius 1 is 0.886 bits per heavy atom. The second-order valence-corrected chi connectivity index (χ2v) is 13.2. The molecular weight excluding hydrogens is 432 g/mol. The van der Waals surface area contributed by atoms with Gasteiger partial charge in [-0.25, -0.2) is 0 Å². The van der Waals surface area contributed by atoms with E-state index in [4.69, 9.17) is 0 Å². The van der Waals surface area contributed by atoms with Gasteiger partial charge >= 0.3 is 0 Å². The number of nitrogens with one attached hydrogen (secondary N) is 1. The molecule has 0 spiro atoms. The van der Waals surface area contributed by atoms with E-state index in [2.05, 4.69) is 38.4 Å². The smallest absolute Gasteiger partial charge is 0.0556 e. The van der Waals surface area contributed by atoms with Gasteiger partial charge in [-0.2, -0.15) is 0 Å². The first-order valence-electron chi connectivity index (χ1n) is 14.9. The van der Waals surface area contributed by atoms with Gasteiger partial charge in [-0.15, -0.1) is 6.58 Å². The summed E-state index contributed by atoms with van der Waals surface area (Å²) in [6, 6.07) is 0.592. The molecule has 0 aromatic rings. The van der Waals surface area contributed by atoms with Crippen molar-refractivity contribution in [2.24, 2.45) is 57.5 Å². The average molecular weight is 491 g/mol. The number of hydrogen-bond acceptors (Lipinski definition) is 4. The van der Waals surface area contributed by atoms with Crippen molar-refractivity contribution >= 4 is 0 Å². The third kappa shape index (κ3) is 4.91. The van der Waals surface area contributed by atoms with Crippen molar-refractivity contribution in [3.05, 3.63) is 12.7 Å². The van der Waals surface area contributed by atoms with Gasteiger partial charge in [0.15, 0.2) is 0 Å². The number of aliphatic hydroxyl groups is 2. The molecule has 5 N–H and O–H groups in total. The molecule has 5 aliphatic rings. The standard InChI is InChI=1S/C27H47NO2.C3H6.CH5N/c1-18-20-8-12-26(3)21-9-14-27(17-30)11-4-5-22(27)19(21)6-7-24(26)25(20,2)13-10-23(18)28-15-16-29;1-3-2;1-2/h18-24,28-30H,4-17H2,1-3H3;3H,1H2,2H3;2H2,1H3. The van der Waals surface area contributed by atoms with Crippen LogP contribution >= 0.6 is 0 Å². The van der Waals surface area contributed by atoms with Gasteiger partial charge in [-0.3, -0.25) is 0 Å². The van der Waals surface area contributed by atoms with Crippen molar-refractivity contribution in [1.29, 1.82) is 0 Å². The van der Waals surface area contributed by atoms with E-state index in [0.29, 0.717) is 23.5 Å². The van der Waals surface area contributed by atoms with Crippen LogP contribution in [-0.2, 0) is 0 Å². The molecule has 5 rings (SSSR count). The molecule has 5 aliphatic carbocycles. The van der Waals surface area contributed by atoms with Crippen molar-refractivity contribution in [2.45, 2.75) is 104 Å². The highest BCUT2D eigenvalue weighted by Gasteiger charge is 2.64. The van der Waals surface area contributed by atoms with E-state index in [9.17, 15) is 10.2 Å².